The summed E-state index contributed by atoms with van der Waals surface area (Å²) in [6, 6.07) is 12.6. The monoisotopic (exact) mass is 428 g/mol. The maximum absolute atomic E-state index is 13.3. The third kappa shape index (κ3) is 3.04. The number of carbonyl (C=O) groups excluding carboxylic acids is 3. The van der Waals surface area contributed by atoms with Gasteiger partial charge < -0.3 is 4.90 Å². The van der Waals surface area contributed by atoms with Gasteiger partial charge in [0.05, 0.1) is 23.1 Å². The molecular weight excluding hydrogens is 409 g/mol. The molecule has 3 amide bonds. The molecule has 2 unspecified atom stereocenters. The highest BCUT2D eigenvalue weighted by atomic mass is 19.4. The number of alkyl halides is 3. The van der Waals surface area contributed by atoms with Crippen molar-refractivity contribution in [1.29, 1.82) is 0 Å². The molecule has 4 atom stereocenters. The molecule has 1 saturated carbocycles. The summed E-state index contributed by atoms with van der Waals surface area (Å²) in [7, 11) is 0. The van der Waals surface area contributed by atoms with Crippen molar-refractivity contribution >= 4 is 23.4 Å². The minimum Gasteiger partial charge on any atom is -0.335 e. The van der Waals surface area contributed by atoms with Gasteiger partial charge in [-0.3, -0.25) is 14.4 Å². The molecule has 6 rings (SSSR count). The van der Waals surface area contributed by atoms with Crippen molar-refractivity contribution in [3.63, 3.8) is 0 Å². The van der Waals surface area contributed by atoms with Crippen molar-refractivity contribution in [3.05, 3.63) is 65.7 Å². The Labute approximate surface area is 176 Å². The molecule has 0 N–H and O–H groups in total. The van der Waals surface area contributed by atoms with E-state index in [4.69, 9.17) is 0 Å². The average molecular weight is 428 g/mol. The standard InChI is InChI=1S/C23H19F3N2O3/c24-23(25,26)15-7-4-8-16(11-15)28-21(30)18-14-9-10-17(19(18)22(28)31)27(12-14)20(29)13-5-2-1-3-6-13/h1-8,11,14,17-19H,9-10,12H2/t14?,17?,18-,19+/m0/s1. The Morgan fingerprint density at radius 3 is 2.32 bits per heavy atom. The van der Waals surface area contributed by atoms with Gasteiger partial charge in [0.15, 0.2) is 0 Å². The summed E-state index contributed by atoms with van der Waals surface area (Å²) < 4.78 is 39.4. The van der Waals surface area contributed by atoms with Crippen molar-refractivity contribution in [2.24, 2.45) is 17.8 Å². The van der Waals surface area contributed by atoms with Crippen LogP contribution >= 0.6 is 0 Å². The third-order valence-electron chi connectivity index (χ3n) is 6.70. The number of rotatable bonds is 2. The van der Waals surface area contributed by atoms with Crippen LogP contribution in [0.4, 0.5) is 18.9 Å². The number of piperidine rings is 2. The van der Waals surface area contributed by atoms with E-state index in [1.54, 1.807) is 35.2 Å². The first-order valence-electron chi connectivity index (χ1n) is 10.2. The highest BCUT2D eigenvalue weighted by molar-refractivity contribution is 6.22. The van der Waals surface area contributed by atoms with Gasteiger partial charge in [-0.15, -0.1) is 0 Å². The summed E-state index contributed by atoms with van der Waals surface area (Å²) in [5, 5.41) is 0. The zero-order valence-corrected chi connectivity index (χ0v) is 16.4. The van der Waals surface area contributed by atoms with E-state index in [-0.39, 0.29) is 17.5 Å². The van der Waals surface area contributed by atoms with Crippen LogP contribution in [-0.2, 0) is 15.8 Å². The normalized spacial score (nSPS) is 27.6. The van der Waals surface area contributed by atoms with Crippen LogP contribution in [0.3, 0.4) is 0 Å². The van der Waals surface area contributed by atoms with Crippen LogP contribution in [0.5, 0.6) is 0 Å². The number of imide groups is 1. The van der Waals surface area contributed by atoms with Crippen molar-refractivity contribution in [2.45, 2.75) is 25.1 Å². The molecule has 0 radical (unpaired) electrons. The molecule has 160 valence electrons. The summed E-state index contributed by atoms with van der Waals surface area (Å²) >= 11 is 0. The van der Waals surface area contributed by atoms with E-state index in [1.807, 2.05) is 0 Å². The molecule has 3 aliphatic heterocycles. The fourth-order valence-corrected chi connectivity index (χ4v) is 5.36. The first-order valence-corrected chi connectivity index (χ1v) is 10.2. The third-order valence-corrected chi connectivity index (χ3v) is 6.70. The second-order valence-corrected chi connectivity index (χ2v) is 8.34. The summed E-state index contributed by atoms with van der Waals surface area (Å²) in [6.45, 7) is 0.370. The van der Waals surface area contributed by atoms with Gasteiger partial charge in [0, 0.05) is 18.2 Å². The number of anilines is 1. The lowest BCUT2D eigenvalue weighted by molar-refractivity contribution is -0.137. The van der Waals surface area contributed by atoms with E-state index in [2.05, 4.69) is 0 Å². The van der Waals surface area contributed by atoms with E-state index in [0.29, 0.717) is 24.9 Å². The Kier molecular flexibility index (Phi) is 4.42. The number of fused-ring (bicyclic) bond motifs is 2. The molecule has 0 aromatic heterocycles. The molecule has 1 aliphatic carbocycles. The van der Waals surface area contributed by atoms with Crippen molar-refractivity contribution in [2.75, 3.05) is 11.4 Å². The average Bonchev–Trinajstić information content (AvgIpc) is 3.06. The van der Waals surface area contributed by atoms with Crippen LogP contribution in [0, 0.1) is 17.8 Å². The SMILES string of the molecule is O=C1[C@@H]2C3CCC(CN3C(=O)c3ccccc3)[C@@H]2C(=O)N1c1cccc(C(F)(F)F)c1. The molecular formula is C23H19F3N2O3. The minimum atomic E-state index is -4.58. The van der Waals surface area contributed by atoms with Crippen LogP contribution in [0.1, 0.15) is 28.8 Å². The molecule has 0 spiro atoms. The fourth-order valence-electron chi connectivity index (χ4n) is 5.36. The molecule has 8 heteroatoms. The van der Waals surface area contributed by atoms with E-state index in [1.165, 1.54) is 12.1 Å². The Morgan fingerprint density at radius 2 is 1.61 bits per heavy atom. The second-order valence-electron chi connectivity index (χ2n) is 8.34. The maximum atomic E-state index is 13.3. The van der Waals surface area contributed by atoms with E-state index in [9.17, 15) is 27.6 Å². The van der Waals surface area contributed by atoms with Gasteiger partial charge in [0.2, 0.25) is 11.8 Å². The van der Waals surface area contributed by atoms with Crippen molar-refractivity contribution in [1.82, 2.24) is 4.90 Å². The van der Waals surface area contributed by atoms with Gasteiger partial charge in [-0.2, -0.15) is 13.2 Å². The van der Waals surface area contributed by atoms with Crippen LogP contribution in [0.2, 0.25) is 0 Å². The smallest absolute Gasteiger partial charge is 0.335 e. The molecule has 5 nitrogen and oxygen atoms in total. The quantitative estimate of drug-likeness (QED) is 0.685. The summed E-state index contributed by atoms with van der Waals surface area (Å²) in [5.41, 5.74) is -0.470. The lowest BCUT2D eigenvalue weighted by Gasteiger charge is -2.50. The van der Waals surface area contributed by atoms with Crippen molar-refractivity contribution in [3.8, 4) is 0 Å². The first kappa shape index (κ1) is 19.8. The Bertz CT molecular complexity index is 1070. The van der Waals surface area contributed by atoms with E-state index in [0.717, 1.165) is 17.0 Å². The maximum Gasteiger partial charge on any atom is 0.416 e. The number of hydrogen-bond donors (Lipinski definition) is 0. The summed E-state index contributed by atoms with van der Waals surface area (Å²) in [4.78, 5) is 42.1. The van der Waals surface area contributed by atoms with Crippen LogP contribution < -0.4 is 4.90 Å². The largest absolute Gasteiger partial charge is 0.416 e. The molecule has 4 aliphatic rings. The molecule has 3 heterocycles. The number of carbonyl (C=O) groups is 3. The Hall–Kier alpha value is -3.16. The van der Waals surface area contributed by atoms with E-state index >= 15 is 0 Å². The number of hydrogen-bond acceptors (Lipinski definition) is 3. The van der Waals surface area contributed by atoms with Gasteiger partial charge in [0.25, 0.3) is 5.91 Å². The molecule has 2 aromatic rings. The van der Waals surface area contributed by atoms with Crippen molar-refractivity contribution < 1.29 is 27.6 Å². The van der Waals surface area contributed by atoms with E-state index < -0.39 is 41.4 Å². The number of amides is 3. The van der Waals surface area contributed by atoms with Gasteiger partial charge in [-0.25, -0.2) is 4.90 Å². The highest BCUT2D eigenvalue weighted by Gasteiger charge is 2.61. The lowest BCUT2D eigenvalue weighted by atomic mass is 9.66. The zero-order chi connectivity index (χ0) is 21.9. The predicted octanol–water partition coefficient (Wildman–Crippen LogP) is 3.75. The molecule has 31 heavy (non-hydrogen) atoms. The first-order chi connectivity index (χ1) is 14.8. The molecule has 2 aromatic carbocycles. The van der Waals surface area contributed by atoms with Crippen LogP contribution in [0.15, 0.2) is 54.6 Å². The number of benzene rings is 2. The van der Waals surface area contributed by atoms with Gasteiger partial charge >= 0.3 is 6.18 Å². The summed E-state index contributed by atoms with van der Waals surface area (Å²) in [5.74, 6) is -2.67. The summed E-state index contributed by atoms with van der Waals surface area (Å²) in [6.07, 6.45) is -3.27. The molecule has 2 bridgehead atoms. The minimum absolute atomic E-state index is 0.0699. The zero-order valence-electron chi connectivity index (χ0n) is 16.4. The topological polar surface area (TPSA) is 57.7 Å². The second kappa shape index (κ2) is 6.93. The fraction of sp³-hybridized carbons (Fsp3) is 0.348. The number of nitrogens with zero attached hydrogens (tertiary/aromatic N) is 2. The Morgan fingerprint density at radius 1 is 0.903 bits per heavy atom. The highest BCUT2D eigenvalue weighted by Crippen LogP contribution is 2.49. The molecule has 3 saturated heterocycles. The predicted molar refractivity (Wildman–Crippen MR) is 105 cm³/mol. The Balaban J connectivity index is 1.48. The van der Waals surface area contributed by atoms with Gasteiger partial charge in [-0.05, 0) is 49.1 Å². The van der Waals surface area contributed by atoms with Crippen LogP contribution in [-0.4, -0.2) is 35.2 Å². The number of halogens is 3. The lowest BCUT2D eigenvalue weighted by Crippen LogP contribution is -2.60. The van der Waals surface area contributed by atoms with Gasteiger partial charge in [0.1, 0.15) is 0 Å². The van der Waals surface area contributed by atoms with Crippen LogP contribution in [0.25, 0.3) is 0 Å². The van der Waals surface area contributed by atoms with Gasteiger partial charge in [-0.1, -0.05) is 24.3 Å². The molecule has 4 fully saturated rings.